The van der Waals surface area contributed by atoms with E-state index in [0.29, 0.717) is 6.04 Å². The maximum absolute atomic E-state index is 2.70. The third-order valence-corrected chi connectivity index (χ3v) is 5.01. The van der Waals surface area contributed by atoms with E-state index >= 15 is 0 Å². The molecule has 2 rings (SSSR count). The first-order valence-corrected chi connectivity index (χ1v) is 8.79. The summed E-state index contributed by atoms with van der Waals surface area (Å²) < 4.78 is 0. The molecule has 2 nitrogen and oxygen atoms in total. The van der Waals surface area contributed by atoms with Crippen LogP contribution in [0.15, 0.2) is 24.3 Å². The molecule has 1 unspecified atom stereocenters. The molecule has 1 fully saturated rings. The van der Waals surface area contributed by atoms with Crippen LogP contribution in [0.25, 0.3) is 0 Å². The first-order chi connectivity index (χ1) is 10.3. The number of likely N-dealkylation sites (N-methyl/N-ethyl adjacent to an activating group) is 1. The van der Waals surface area contributed by atoms with Crippen molar-refractivity contribution in [3.63, 3.8) is 0 Å². The molecule has 0 aromatic heterocycles. The van der Waals surface area contributed by atoms with Gasteiger partial charge in [-0.2, -0.15) is 0 Å². The quantitative estimate of drug-likeness (QED) is 0.835. The van der Waals surface area contributed by atoms with E-state index < -0.39 is 0 Å². The van der Waals surface area contributed by atoms with Gasteiger partial charge < -0.3 is 4.90 Å². The second kappa shape index (κ2) is 7.14. The van der Waals surface area contributed by atoms with Crippen LogP contribution in [0.4, 0.5) is 0 Å². The molecule has 0 spiro atoms. The summed E-state index contributed by atoms with van der Waals surface area (Å²) in [5.74, 6) is 0.728. The average Bonchev–Trinajstić information content (AvgIpc) is 2.45. The zero-order chi connectivity index (χ0) is 16.3. The summed E-state index contributed by atoms with van der Waals surface area (Å²) in [6, 6.07) is 9.95. The standard InChI is InChI=1S/C20H34N2/c1-16(2)19-15-21(6)13-14-22(19)12-11-17-7-9-18(10-8-17)20(3,4)5/h7-10,16,19H,11-15H2,1-6H3. The van der Waals surface area contributed by atoms with Gasteiger partial charge in [-0.05, 0) is 35.9 Å². The van der Waals surface area contributed by atoms with Crippen molar-refractivity contribution in [2.45, 2.75) is 52.5 Å². The highest BCUT2D eigenvalue weighted by molar-refractivity contribution is 5.27. The van der Waals surface area contributed by atoms with Crippen LogP contribution in [0.1, 0.15) is 45.7 Å². The zero-order valence-electron chi connectivity index (χ0n) is 15.4. The predicted molar refractivity (Wildman–Crippen MR) is 96.5 cm³/mol. The minimum absolute atomic E-state index is 0.249. The SMILES string of the molecule is CC(C)C1CN(C)CCN1CCc1ccc(C(C)(C)C)cc1. The molecule has 1 saturated heterocycles. The van der Waals surface area contributed by atoms with Gasteiger partial charge in [0.25, 0.3) is 0 Å². The highest BCUT2D eigenvalue weighted by Crippen LogP contribution is 2.23. The van der Waals surface area contributed by atoms with Crippen molar-refractivity contribution in [1.29, 1.82) is 0 Å². The molecule has 22 heavy (non-hydrogen) atoms. The fraction of sp³-hybridized carbons (Fsp3) is 0.700. The highest BCUT2D eigenvalue weighted by atomic mass is 15.3. The number of nitrogens with zero attached hydrogens (tertiary/aromatic N) is 2. The van der Waals surface area contributed by atoms with Crippen LogP contribution in [0.2, 0.25) is 0 Å². The van der Waals surface area contributed by atoms with Crippen molar-refractivity contribution in [3.05, 3.63) is 35.4 Å². The maximum Gasteiger partial charge on any atom is 0.0246 e. The summed E-state index contributed by atoms with van der Waals surface area (Å²) in [4.78, 5) is 5.17. The monoisotopic (exact) mass is 302 g/mol. The molecule has 1 aromatic carbocycles. The van der Waals surface area contributed by atoms with E-state index in [1.165, 1.54) is 37.3 Å². The molecule has 1 aliphatic rings. The second-order valence-electron chi connectivity index (χ2n) is 8.31. The van der Waals surface area contributed by atoms with Crippen LogP contribution in [-0.2, 0) is 11.8 Å². The van der Waals surface area contributed by atoms with E-state index in [9.17, 15) is 0 Å². The number of hydrogen-bond acceptors (Lipinski definition) is 2. The van der Waals surface area contributed by atoms with Gasteiger partial charge in [0.05, 0.1) is 0 Å². The van der Waals surface area contributed by atoms with Crippen LogP contribution >= 0.6 is 0 Å². The van der Waals surface area contributed by atoms with E-state index in [1.54, 1.807) is 0 Å². The lowest BCUT2D eigenvalue weighted by molar-refractivity contribution is 0.0642. The smallest absolute Gasteiger partial charge is 0.0246 e. The molecule has 1 aromatic rings. The Morgan fingerprint density at radius 2 is 1.73 bits per heavy atom. The Morgan fingerprint density at radius 1 is 1.09 bits per heavy atom. The number of hydrogen-bond donors (Lipinski definition) is 0. The van der Waals surface area contributed by atoms with Gasteiger partial charge in [-0.3, -0.25) is 4.90 Å². The molecule has 1 aliphatic heterocycles. The lowest BCUT2D eigenvalue weighted by atomic mass is 9.86. The van der Waals surface area contributed by atoms with E-state index in [2.05, 4.69) is 75.7 Å². The molecule has 1 heterocycles. The van der Waals surface area contributed by atoms with Crippen molar-refractivity contribution in [3.8, 4) is 0 Å². The van der Waals surface area contributed by atoms with Gasteiger partial charge in [-0.25, -0.2) is 0 Å². The predicted octanol–water partition coefficient (Wildman–Crippen LogP) is 3.80. The van der Waals surface area contributed by atoms with Crippen molar-refractivity contribution in [2.75, 3.05) is 33.2 Å². The number of piperazine rings is 1. The van der Waals surface area contributed by atoms with Gasteiger partial charge >= 0.3 is 0 Å². The Kier molecular flexibility index (Phi) is 5.68. The maximum atomic E-state index is 2.70. The summed E-state index contributed by atoms with van der Waals surface area (Å²) >= 11 is 0. The molecule has 2 heteroatoms. The molecule has 124 valence electrons. The van der Waals surface area contributed by atoms with Crippen molar-refractivity contribution in [1.82, 2.24) is 9.80 Å². The number of benzene rings is 1. The second-order valence-corrected chi connectivity index (χ2v) is 8.31. The first-order valence-electron chi connectivity index (χ1n) is 8.79. The molecular formula is C20H34N2. The summed E-state index contributed by atoms with van der Waals surface area (Å²) in [5.41, 5.74) is 3.14. The van der Waals surface area contributed by atoms with Gasteiger partial charge in [0, 0.05) is 32.2 Å². The Hall–Kier alpha value is -0.860. The fourth-order valence-corrected chi connectivity index (χ4v) is 3.35. The summed E-state index contributed by atoms with van der Waals surface area (Å²) in [6.07, 6.45) is 1.16. The van der Waals surface area contributed by atoms with E-state index in [1.807, 2.05) is 0 Å². The summed E-state index contributed by atoms with van der Waals surface area (Å²) in [5, 5.41) is 0. The highest BCUT2D eigenvalue weighted by Gasteiger charge is 2.27. The van der Waals surface area contributed by atoms with Crippen LogP contribution in [0.3, 0.4) is 0 Å². The Morgan fingerprint density at radius 3 is 2.27 bits per heavy atom. The van der Waals surface area contributed by atoms with Crippen molar-refractivity contribution in [2.24, 2.45) is 5.92 Å². The van der Waals surface area contributed by atoms with Gasteiger partial charge in [0.15, 0.2) is 0 Å². The molecule has 0 bridgehead atoms. The van der Waals surface area contributed by atoms with Crippen LogP contribution < -0.4 is 0 Å². The molecule has 1 atom stereocenters. The molecule has 0 N–H and O–H groups in total. The van der Waals surface area contributed by atoms with Gasteiger partial charge in [0.2, 0.25) is 0 Å². The van der Waals surface area contributed by atoms with Gasteiger partial charge in [-0.15, -0.1) is 0 Å². The minimum atomic E-state index is 0.249. The lowest BCUT2D eigenvalue weighted by Crippen LogP contribution is -2.54. The third kappa shape index (κ3) is 4.57. The fourth-order valence-electron chi connectivity index (χ4n) is 3.35. The van der Waals surface area contributed by atoms with E-state index in [-0.39, 0.29) is 5.41 Å². The average molecular weight is 303 g/mol. The van der Waals surface area contributed by atoms with E-state index in [4.69, 9.17) is 0 Å². The van der Waals surface area contributed by atoms with Gasteiger partial charge in [0.1, 0.15) is 0 Å². The largest absolute Gasteiger partial charge is 0.304 e. The minimum Gasteiger partial charge on any atom is -0.304 e. The zero-order valence-corrected chi connectivity index (χ0v) is 15.4. The normalized spacial score (nSPS) is 21.5. The third-order valence-electron chi connectivity index (χ3n) is 5.01. The van der Waals surface area contributed by atoms with Crippen LogP contribution in [0, 0.1) is 5.92 Å². The molecule has 0 amide bonds. The summed E-state index contributed by atoms with van der Waals surface area (Å²) in [6.45, 7) is 16.3. The van der Waals surface area contributed by atoms with Crippen molar-refractivity contribution < 1.29 is 0 Å². The molecule has 0 radical (unpaired) electrons. The van der Waals surface area contributed by atoms with Gasteiger partial charge in [-0.1, -0.05) is 58.9 Å². The molecule has 0 saturated carbocycles. The number of rotatable bonds is 4. The van der Waals surface area contributed by atoms with Crippen molar-refractivity contribution >= 4 is 0 Å². The van der Waals surface area contributed by atoms with Crippen LogP contribution in [0.5, 0.6) is 0 Å². The Balaban J connectivity index is 1.94. The Labute approximate surface area is 137 Å². The summed E-state index contributed by atoms with van der Waals surface area (Å²) in [7, 11) is 2.25. The first kappa shape index (κ1) is 17.5. The topological polar surface area (TPSA) is 6.48 Å². The van der Waals surface area contributed by atoms with Crippen LogP contribution in [-0.4, -0.2) is 49.1 Å². The lowest BCUT2D eigenvalue weighted by Gasteiger charge is -2.42. The van der Waals surface area contributed by atoms with E-state index in [0.717, 1.165) is 12.3 Å². The Bertz CT molecular complexity index is 456. The molecule has 0 aliphatic carbocycles. The molecular weight excluding hydrogens is 268 g/mol.